The van der Waals surface area contributed by atoms with Gasteiger partial charge in [0.2, 0.25) is 0 Å². The topological polar surface area (TPSA) is 49.6 Å². The van der Waals surface area contributed by atoms with Crippen LogP contribution in [0.15, 0.2) is 54.6 Å². The summed E-state index contributed by atoms with van der Waals surface area (Å²) in [6, 6.07) is 18.3. The number of benzene rings is 2. The molecule has 1 aliphatic heterocycles. The summed E-state index contributed by atoms with van der Waals surface area (Å²) >= 11 is 0. The summed E-state index contributed by atoms with van der Waals surface area (Å²) < 4.78 is 0. The Kier molecular flexibility index (Phi) is 8.29. The number of rotatable bonds is 7. The van der Waals surface area contributed by atoms with Crippen LogP contribution in [0.25, 0.3) is 0 Å². The standard InChI is InChI=1S/C22H29N3O.ClH/c1-2-25(22(26)21-10-8-18(14-23)9-11-21)17-20-12-13-24(16-20)15-19-6-4-3-5-7-19;/h3-11,20H,2,12-17,23H2,1H3;1H. The van der Waals surface area contributed by atoms with Crippen LogP contribution >= 0.6 is 12.4 Å². The van der Waals surface area contributed by atoms with Crippen molar-refractivity contribution in [2.75, 3.05) is 26.2 Å². The molecule has 1 fully saturated rings. The molecular formula is C22H30ClN3O. The largest absolute Gasteiger partial charge is 0.339 e. The first-order valence-electron chi connectivity index (χ1n) is 9.54. The maximum Gasteiger partial charge on any atom is 0.253 e. The Morgan fingerprint density at radius 3 is 2.44 bits per heavy atom. The summed E-state index contributed by atoms with van der Waals surface area (Å²) in [6.07, 6.45) is 1.16. The molecule has 0 saturated carbocycles. The van der Waals surface area contributed by atoms with Crippen LogP contribution in [-0.2, 0) is 13.1 Å². The summed E-state index contributed by atoms with van der Waals surface area (Å²) in [5, 5.41) is 0. The van der Waals surface area contributed by atoms with E-state index in [1.807, 2.05) is 29.2 Å². The number of carbonyl (C=O) groups excluding carboxylic acids is 1. The second kappa shape index (κ2) is 10.5. The fourth-order valence-electron chi connectivity index (χ4n) is 3.68. The van der Waals surface area contributed by atoms with Crippen molar-refractivity contribution in [3.8, 4) is 0 Å². The van der Waals surface area contributed by atoms with Crippen LogP contribution in [0.5, 0.6) is 0 Å². The third-order valence-electron chi connectivity index (χ3n) is 5.20. The lowest BCUT2D eigenvalue weighted by Crippen LogP contribution is -2.36. The van der Waals surface area contributed by atoms with E-state index in [1.165, 1.54) is 5.56 Å². The Bertz CT molecular complexity index is 705. The molecule has 0 bridgehead atoms. The third-order valence-corrected chi connectivity index (χ3v) is 5.20. The van der Waals surface area contributed by atoms with E-state index in [0.717, 1.165) is 50.3 Å². The summed E-state index contributed by atoms with van der Waals surface area (Å²) in [7, 11) is 0. The van der Waals surface area contributed by atoms with E-state index in [1.54, 1.807) is 0 Å². The van der Waals surface area contributed by atoms with Crippen LogP contribution < -0.4 is 5.73 Å². The fourth-order valence-corrected chi connectivity index (χ4v) is 3.68. The first kappa shape index (κ1) is 21.4. The molecule has 1 aliphatic rings. The van der Waals surface area contributed by atoms with Gasteiger partial charge in [-0.1, -0.05) is 42.5 Å². The summed E-state index contributed by atoms with van der Waals surface area (Å²) in [4.78, 5) is 17.3. The van der Waals surface area contributed by atoms with Crippen molar-refractivity contribution in [3.05, 3.63) is 71.3 Å². The van der Waals surface area contributed by atoms with Gasteiger partial charge in [0.25, 0.3) is 5.91 Å². The Labute approximate surface area is 168 Å². The molecule has 1 unspecified atom stereocenters. The molecule has 1 saturated heterocycles. The zero-order valence-electron chi connectivity index (χ0n) is 16.0. The van der Waals surface area contributed by atoms with Crippen LogP contribution in [0.2, 0.25) is 0 Å². The normalized spacial score (nSPS) is 16.7. The molecule has 1 heterocycles. The smallest absolute Gasteiger partial charge is 0.253 e. The van der Waals surface area contributed by atoms with Gasteiger partial charge in [-0.3, -0.25) is 9.69 Å². The van der Waals surface area contributed by atoms with Crippen LogP contribution in [0.3, 0.4) is 0 Å². The molecular weight excluding hydrogens is 358 g/mol. The van der Waals surface area contributed by atoms with Gasteiger partial charge < -0.3 is 10.6 Å². The van der Waals surface area contributed by atoms with Crippen molar-refractivity contribution in [2.45, 2.75) is 26.4 Å². The Morgan fingerprint density at radius 1 is 1.11 bits per heavy atom. The highest BCUT2D eigenvalue weighted by molar-refractivity contribution is 5.94. The molecule has 0 aromatic heterocycles. The maximum atomic E-state index is 12.8. The number of nitrogens with two attached hydrogens (primary N) is 1. The van der Waals surface area contributed by atoms with Gasteiger partial charge in [-0.05, 0) is 49.1 Å². The van der Waals surface area contributed by atoms with Crippen molar-refractivity contribution < 1.29 is 4.79 Å². The summed E-state index contributed by atoms with van der Waals surface area (Å²) in [5.74, 6) is 0.670. The van der Waals surface area contributed by atoms with Crippen molar-refractivity contribution in [2.24, 2.45) is 11.7 Å². The molecule has 1 atom stereocenters. The number of carbonyl (C=O) groups is 1. The molecule has 4 nitrogen and oxygen atoms in total. The molecule has 27 heavy (non-hydrogen) atoms. The molecule has 0 aliphatic carbocycles. The van der Waals surface area contributed by atoms with Gasteiger partial charge in [-0.2, -0.15) is 0 Å². The van der Waals surface area contributed by atoms with E-state index in [4.69, 9.17) is 5.73 Å². The van der Waals surface area contributed by atoms with E-state index in [2.05, 4.69) is 42.2 Å². The van der Waals surface area contributed by atoms with Crippen molar-refractivity contribution in [1.29, 1.82) is 0 Å². The van der Waals surface area contributed by atoms with E-state index in [9.17, 15) is 4.79 Å². The molecule has 2 N–H and O–H groups in total. The first-order chi connectivity index (χ1) is 12.7. The number of nitrogens with zero attached hydrogens (tertiary/aromatic N) is 2. The van der Waals surface area contributed by atoms with Crippen LogP contribution in [0.4, 0.5) is 0 Å². The van der Waals surface area contributed by atoms with Gasteiger partial charge in [0.15, 0.2) is 0 Å². The fraction of sp³-hybridized carbons (Fsp3) is 0.409. The quantitative estimate of drug-likeness (QED) is 0.790. The Balaban J connectivity index is 0.00000261. The van der Waals surface area contributed by atoms with Crippen LogP contribution in [0, 0.1) is 5.92 Å². The number of hydrogen-bond donors (Lipinski definition) is 1. The summed E-state index contributed by atoms with van der Waals surface area (Å²) in [6.45, 7) is 7.30. The van der Waals surface area contributed by atoms with E-state index in [-0.39, 0.29) is 18.3 Å². The van der Waals surface area contributed by atoms with E-state index in [0.29, 0.717) is 12.5 Å². The predicted molar refractivity (Wildman–Crippen MR) is 113 cm³/mol. The minimum atomic E-state index is 0. The van der Waals surface area contributed by atoms with E-state index >= 15 is 0 Å². The van der Waals surface area contributed by atoms with Gasteiger partial charge in [0.05, 0.1) is 0 Å². The second-order valence-corrected chi connectivity index (χ2v) is 7.12. The predicted octanol–water partition coefficient (Wildman–Crippen LogP) is 3.55. The van der Waals surface area contributed by atoms with Gasteiger partial charge >= 0.3 is 0 Å². The molecule has 146 valence electrons. The van der Waals surface area contributed by atoms with Gasteiger partial charge in [0.1, 0.15) is 0 Å². The van der Waals surface area contributed by atoms with Crippen molar-refractivity contribution >= 4 is 18.3 Å². The van der Waals surface area contributed by atoms with E-state index < -0.39 is 0 Å². The molecule has 2 aromatic carbocycles. The number of hydrogen-bond acceptors (Lipinski definition) is 3. The lowest BCUT2D eigenvalue weighted by Gasteiger charge is -2.25. The minimum absolute atomic E-state index is 0. The molecule has 5 heteroatoms. The molecule has 1 amide bonds. The zero-order chi connectivity index (χ0) is 18.4. The third kappa shape index (κ3) is 5.80. The molecule has 3 rings (SSSR count). The first-order valence-corrected chi connectivity index (χ1v) is 9.54. The SMILES string of the molecule is CCN(CC1CCN(Cc2ccccc2)C1)C(=O)c1ccc(CN)cc1.Cl. The maximum absolute atomic E-state index is 12.8. The Hall–Kier alpha value is -1.88. The van der Waals surface area contributed by atoms with Crippen LogP contribution in [-0.4, -0.2) is 41.9 Å². The molecule has 0 spiro atoms. The lowest BCUT2D eigenvalue weighted by molar-refractivity contribution is 0.0739. The minimum Gasteiger partial charge on any atom is -0.339 e. The van der Waals surface area contributed by atoms with Gasteiger partial charge in [-0.25, -0.2) is 0 Å². The highest BCUT2D eigenvalue weighted by atomic mass is 35.5. The molecule has 2 aromatic rings. The highest BCUT2D eigenvalue weighted by Crippen LogP contribution is 2.20. The van der Waals surface area contributed by atoms with Crippen molar-refractivity contribution in [1.82, 2.24) is 9.80 Å². The van der Waals surface area contributed by atoms with Gasteiger partial charge in [-0.15, -0.1) is 12.4 Å². The van der Waals surface area contributed by atoms with Crippen LogP contribution in [0.1, 0.15) is 34.8 Å². The number of amides is 1. The number of halogens is 1. The zero-order valence-corrected chi connectivity index (χ0v) is 16.8. The van der Waals surface area contributed by atoms with Crippen molar-refractivity contribution in [3.63, 3.8) is 0 Å². The highest BCUT2D eigenvalue weighted by Gasteiger charge is 2.26. The second-order valence-electron chi connectivity index (χ2n) is 7.12. The number of likely N-dealkylation sites (tertiary alicyclic amines) is 1. The Morgan fingerprint density at radius 2 is 1.81 bits per heavy atom. The lowest BCUT2D eigenvalue weighted by atomic mass is 10.1. The summed E-state index contributed by atoms with van der Waals surface area (Å²) in [5.41, 5.74) is 8.80. The molecule has 0 radical (unpaired) electrons. The monoisotopic (exact) mass is 387 g/mol. The average molecular weight is 388 g/mol. The van der Waals surface area contributed by atoms with Gasteiger partial charge in [0, 0.05) is 38.3 Å². The average Bonchev–Trinajstić information content (AvgIpc) is 3.13.